The first-order valence-corrected chi connectivity index (χ1v) is 7.96. The molecule has 3 aliphatic rings. The lowest BCUT2D eigenvalue weighted by molar-refractivity contribution is -0.126. The Morgan fingerprint density at radius 3 is 2.73 bits per heavy atom. The molecule has 4 nitrogen and oxygen atoms in total. The number of carbonyl (C=O) groups is 2. The summed E-state index contributed by atoms with van der Waals surface area (Å²) in [5, 5.41) is 12.6. The van der Waals surface area contributed by atoms with Gasteiger partial charge >= 0.3 is 0 Å². The molecule has 2 saturated carbocycles. The minimum Gasteiger partial charge on any atom is -0.347 e. The molecule has 1 N–H and O–H groups in total. The number of benzene rings is 1. The van der Waals surface area contributed by atoms with Crippen LogP contribution >= 0.6 is 0 Å². The van der Waals surface area contributed by atoms with Gasteiger partial charge in [0.1, 0.15) is 5.41 Å². The molecule has 3 aliphatic carbocycles. The molecule has 2 fully saturated rings. The molecule has 112 valence electrons. The summed E-state index contributed by atoms with van der Waals surface area (Å²) in [5.41, 5.74) is 0.637. The predicted molar refractivity (Wildman–Crippen MR) is 79.8 cm³/mol. The second-order valence-corrected chi connectivity index (χ2v) is 6.92. The Kier molecular flexibility index (Phi) is 2.72. The zero-order chi connectivity index (χ0) is 15.4. The van der Waals surface area contributed by atoms with Crippen molar-refractivity contribution in [2.75, 3.05) is 0 Å². The van der Waals surface area contributed by atoms with Gasteiger partial charge in [-0.2, -0.15) is 5.26 Å². The van der Waals surface area contributed by atoms with Gasteiger partial charge in [0, 0.05) is 17.4 Å². The van der Waals surface area contributed by atoms with Crippen LogP contribution in [0.3, 0.4) is 0 Å². The quantitative estimate of drug-likeness (QED) is 0.911. The number of ketones is 1. The van der Waals surface area contributed by atoms with Crippen molar-refractivity contribution in [2.24, 2.45) is 10.8 Å². The highest BCUT2D eigenvalue weighted by atomic mass is 16.2. The largest absolute Gasteiger partial charge is 0.347 e. The number of fused-ring (bicyclic) bond motifs is 1. The molecule has 0 aromatic heterocycles. The van der Waals surface area contributed by atoms with Crippen molar-refractivity contribution >= 4 is 11.7 Å². The van der Waals surface area contributed by atoms with Gasteiger partial charge < -0.3 is 5.32 Å². The first-order valence-electron chi connectivity index (χ1n) is 7.96. The fourth-order valence-corrected chi connectivity index (χ4v) is 4.52. The number of hydrogen-bond donors (Lipinski definition) is 1. The highest BCUT2D eigenvalue weighted by Gasteiger charge is 2.73. The highest BCUT2D eigenvalue weighted by Crippen LogP contribution is 2.71. The van der Waals surface area contributed by atoms with Crippen LogP contribution in [-0.2, 0) is 4.79 Å². The second kappa shape index (κ2) is 4.42. The van der Waals surface area contributed by atoms with Crippen LogP contribution in [0, 0.1) is 22.2 Å². The van der Waals surface area contributed by atoms with E-state index in [1.807, 2.05) is 18.2 Å². The van der Waals surface area contributed by atoms with Gasteiger partial charge in [0.2, 0.25) is 5.91 Å². The molecule has 1 aromatic rings. The molecule has 1 spiro atoms. The van der Waals surface area contributed by atoms with Crippen LogP contribution in [0.15, 0.2) is 24.3 Å². The topological polar surface area (TPSA) is 70.0 Å². The zero-order valence-corrected chi connectivity index (χ0v) is 12.4. The van der Waals surface area contributed by atoms with Gasteiger partial charge in [0.25, 0.3) is 0 Å². The van der Waals surface area contributed by atoms with Crippen molar-refractivity contribution in [3.63, 3.8) is 0 Å². The number of nitriles is 1. The van der Waals surface area contributed by atoms with E-state index in [-0.39, 0.29) is 23.1 Å². The van der Waals surface area contributed by atoms with Gasteiger partial charge in [0.15, 0.2) is 5.78 Å². The molecule has 0 saturated heterocycles. The maximum Gasteiger partial charge on any atom is 0.241 e. The molecule has 1 aromatic carbocycles. The molecule has 0 bridgehead atoms. The summed E-state index contributed by atoms with van der Waals surface area (Å²) in [6.07, 6.45) is 5.18. The van der Waals surface area contributed by atoms with E-state index < -0.39 is 5.41 Å². The van der Waals surface area contributed by atoms with Gasteiger partial charge in [-0.25, -0.2) is 0 Å². The Labute approximate surface area is 129 Å². The van der Waals surface area contributed by atoms with Crippen LogP contribution in [0.25, 0.3) is 0 Å². The van der Waals surface area contributed by atoms with Gasteiger partial charge in [-0.05, 0) is 24.8 Å². The molecule has 0 unspecified atom stereocenters. The number of Topliss-reactive ketones (excluding diaryl/α,β-unsaturated/α-hetero) is 1. The van der Waals surface area contributed by atoms with Gasteiger partial charge in [0.05, 0.1) is 12.1 Å². The minimum atomic E-state index is -0.857. The third kappa shape index (κ3) is 1.62. The molecule has 22 heavy (non-hydrogen) atoms. The lowest BCUT2D eigenvalue weighted by atomic mass is 9.91. The number of hydrogen-bond acceptors (Lipinski definition) is 3. The van der Waals surface area contributed by atoms with Crippen LogP contribution in [0.5, 0.6) is 0 Å². The van der Waals surface area contributed by atoms with Crippen LogP contribution in [0.2, 0.25) is 0 Å². The Balaban J connectivity index is 1.57. The number of amides is 1. The lowest BCUT2D eigenvalue weighted by Gasteiger charge is -2.19. The Bertz CT molecular complexity index is 712. The molecular formula is C18H18N2O2. The molecule has 4 heteroatoms. The summed E-state index contributed by atoms with van der Waals surface area (Å²) in [4.78, 5) is 24.8. The standard InChI is InChI=1S/C18H18N2O2/c19-11-18(10-17(18)7-3-4-8-17)16(22)20-14-9-15(21)13-6-2-1-5-12(13)14/h1-2,5-6,14H,3-4,7-10H2,(H,20,22)/t14-,18+/m0/s1. The summed E-state index contributed by atoms with van der Waals surface area (Å²) in [6.45, 7) is 0. The maximum atomic E-state index is 12.7. The number of carbonyl (C=O) groups excluding carboxylic acids is 2. The number of nitrogens with one attached hydrogen (secondary N) is 1. The molecule has 2 atom stereocenters. The summed E-state index contributed by atoms with van der Waals surface area (Å²) >= 11 is 0. The van der Waals surface area contributed by atoms with Crippen LogP contribution < -0.4 is 5.32 Å². The normalized spacial score (nSPS) is 30.9. The van der Waals surface area contributed by atoms with Crippen molar-refractivity contribution in [1.29, 1.82) is 5.26 Å². The number of nitrogens with zero attached hydrogens (tertiary/aromatic N) is 1. The van der Waals surface area contributed by atoms with Crippen molar-refractivity contribution < 1.29 is 9.59 Å². The van der Waals surface area contributed by atoms with E-state index in [4.69, 9.17) is 0 Å². The average molecular weight is 294 g/mol. The maximum absolute atomic E-state index is 12.7. The Hall–Kier alpha value is -2.15. The van der Waals surface area contributed by atoms with Crippen molar-refractivity contribution in [3.05, 3.63) is 35.4 Å². The summed E-state index contributed by atoms with van der Waals surface area (Å²) < 4.78 is 0. The molecule has 0 heterocycles. The SMILES string of the molecule is N#C[C@@]1(C(=O)N[C@H]2CC(=O)c3ccccc32)CC12CCCC2. The van der Waals surface area contributed by atoms with Gasteiger partial charge in [-0.3, -0.25) is 9.59 Å². The van der Waals surface area contributed by atoms with E-state index in [2.05, 4.69) is 11.4 Å². The zero-order valence-electron chi connectivity index (χ0n) is 12.4. The summed E-state index contributed by atoms with van der Waals surface area (Å²) in [7, 11) is 0. The summed E-state index contributed by atoms with van der Waals surface area (Å²) in [5.74, 6) is -0.107. The molecule has 1 amide bonds. The Morgan fingerprint density at radius 2 is 2.00 bits per heavy atom. The smallest absolute Gasteiger partial charge is 0.241 e. The van der Waals surface area contributed by atoms with E-state index in [0.717, 1.165) is 31.2 Å². The van der Waals surface area contributed by atoms with Gasteiger partial charge in [-0.15, -0.1) is 0 Å². The second-order valence-electron chi connectivity index (χ2n) is 6.92. The van der Waals surface area contributed by atoms with E-state index in [0.29, 0.717) is 18.4 Å². The highest BCUT2D eigenvalue weighted by molar-refractivity contribution is 6.02. The fraction of sp³-hybridized carbons (Fsp3) is 0.500. The molecule has 4 rings (SSSR count). The molecule has 0 aliphatic heterocycles. The van der Waals surface area contributed by atoms with Crippen molar-refractivity contribution in [2.45, 2.75) is 44.6 Å². The molecular weight excluding hydrogens is 276 g/mol. The fourth-order valence-electron chi connectivity index (χ4n) is 4.52. The van der Waals surface area contributed by atoms with E-state index in [1.165, 1.54) is 0 Å². The lowest BCUT2D eigenvalue weighted by Crippen LogP contribution is -2.36. The first-order chi connectivity index (χ1) is 10.6. The predicted octanol–water partition coefficient (Wildman–Crippen LogP) is 2.90. The Morgan fingerprint density at radius 1 is 1.27 bits per heavy atom. The van der Waals surface area contributed by atoms with Crippen molar-refractivity contribution in [3.8, 4) is 6.07 Å². The van der Waals surface area contributed by atoms with E-state index >= 15 is 0 Å². The van der Waals surface area contributed by atoms with E-state index in [9.17, 15) is 14.9 Å². The first kappa shape index (κ1) is 13.5. The van der Waals surface area contributed by atoms with Crippen LogP contribution in [0.1, 0.15) is 60.5 Å². The third-order valence-electron chi connectivity index (χ3n) is 5.85. The average Bonchev–Trinajstić information content (AvgIpc) is 2.79. The third-order valence-corrected chi connectivity index (χ3v) is 5.85. The van der Waals surface area contributed by atoms with Crippen molar-refractivity contribution in [1.82, 2.24) is 5.32 Å². The van der Waals surface area contributed by atoms with E-state index in [1.54, 1.807) is 6.07 Å². The molecule has 0 radical (unpaired) electrons. The monoisotopic (exact) mass is 294 g/mol. The van der Waals surface area contributed by atoms with Crippen LogP contribution in [0.4, 0.5) is 0 Å². The summed E-state index contributed by atoms with van der Waals surface area (Å²) in [6, 6.07) is 9.44. The minimum absolute atomic E-state index is 0.0679. The number of rotatable bonds is 2. The van der Waals surface area contributed by atoms with Crippen LogP contribution in [-0.4, -0.2) is 11.7 Å². The van der Waals surface area contributed by atoms with Gasteiger partial charge in [-0.1, -0.05) is 37.1 Å².